The molecule has 1 aromatic carbocycles. The van der Waals surface area contributed by atoms with Crippen molar-refractivity contribution in [3.63, 3.8) is 0 Å². The van der Waals surface area contributed by atoms with Crippen LogP contribution >= 0.6 is 11.3 Å². The molecular weight excluding hydrogens is 342 g/mol. The number of benzene rings is 1. The zero-order chi connectivity index (χ0) is 17.3. The first kappa shape index (κ1) is 15.5. The fourth-order valence-electron chi connectivity index (χ4n) is 3.61. The van der Waals surface area contributed by atoms with Gasteiger partial charge in [0.05, 0.1) is 4.88 Å². The van der Waals surface area contributed by atoms with Crippen LogP contribution in [-0.4, -0.2) is 32.7 Å². The molecule has 5 rings (SSSR count). The van der Waals surface area contributed by atoms with E-state index >= 15 is 0 Å². The molecule has 0 saturated carbocycles. The monoisotopic (exact) mass is 361 g/mol. The maximum atomic E-state index is 4.67. The summed E-state index contributed by atoms with van der Waals surface area (Å²) in [6.45, 7) is 2.02. The molecule has 0 unspecified atom stereocenters. The molecule has 0 radical (unpaired) electrons. The van der Waals surface area contributed by atoms with Crippen LogP contribution in [0.3, 0.4) is 0 Å². The maximum Gasteiger partial charge on any atom is 0.185 e. The lowest BCUT2D eigenvalue weighted by atomic mass is 9.96. The molecule has 1 aliphatic rings. The highest BCUT2D eigenvalue weighted by molar-refractivity contribution is 7.18. The number of nitrogens with zero attached hydrogens (tertiary/aromatic N) is 5. The highest BCUT2D eigenvalue weighted by Crippen LogP contribution is 2.34. The zero-order valence-corrected chi connectivity index (χ0v) is 15.1. The second-order valence-electron chi connectivity index (χ2n) is 6.62. The maximum absolute atomic E-state index is 4.67. The second-order valence-corrected chi connectivity index (χ2v) is 7.63. The van der Waals surface area contributed by atoms with Crippen LogP contribution in [0.1, 0.15) is 24.6 Å². The van der Waals surface area contributed by atoms with Crippen molar-refractivity contribution >= 4 is 22.1 Å². The Labute approximate surface area is 156 Å². The van der Waals surface area contributed by atoms with Crippen molar-refractivity contribution in [2.75, 3.05) is 18.0 Å². The van der Waals surface area contributed by atoms with Crippen molar-refractivity contribution in [3.05, 3.63) is 66.7 Å². The topological polar surface area (TPSA) is 46.3 Å². The number of thiazole rings is 1. The molecule has 1 fully saturated rings. The molecule has 4 heterocycles. The molecule has 0 bridgehead atoms. The Hall–Kier alpha value is -2.73. The number of aromatic nitrogens is 4. The normalized spacial score (nSPS) is 15.6. The van der Waals surface area contributed by atoms with E-state index in [4.69, 9.17) is 0 Å². The summed E-state index contributed by atoms with van der Waals surface area (Å²) >= 11 is 1.78. The van der Waals surface area contributed by atoms with Crippen molar-refractivity contribution in [1.82, 2.24) is 19.6 Å². The van der Waals surface area contributed by atoms with Crippen LogP contribution in [-0.2, 0) is 0 Å². The summed E-state index contributed by atoms with van der Waals surface area (Å²) in [7, 11) is 0. The SMILES string of the molecule is c1ccc(-c2cnc(N3CCC(c4nnc5ccccn45)CC3)s2)cc1. The zero-order valence-electron chi connectivity index (χ0n) is 14.3. The van der Waals surface area contributed by atoms with Gasteiger partial charge in [-0.2, -0.15) is 0 Å². The van der Waals surface area contributed by atoms with Crippen molar-refractivity contribution in [2.45, 2.75) is 18.8 Å². The Kier molecular flexibility index (Phi) is 3.90. The van der Waals surface area contributed by atoms with Gasteiger partial charge in [-0.1, -0.05) is 47.7 Å². The minimum absolute atomic E-state index is 0.456. The Balaban J connectivity index is 1.31. The molecule has 0 aliphatic carbocycles. The quantitative estimate of drug-likeness (QED) is 0.548. The molecule has 1 saturated heterocycles. The Morgan fingerprint density at radius 1 is 0.923 bits per heavy atom. The van der Waals surface area contributed by atoms with E-state index in [2.05, 4.69) is 54.9 Å². The number of hydrogen-bond donors (Lipinski definition) is 0. The molecule has 0 amide bonds. The minimum atomic E-state index is 0.456. The van der Waals surface area contributed by atoms with Crippen LogP contribution in [0.4, 0.5) is 5.13 Å². The summed E-state index contributed by atoms with van der Waals surface area (Å²) in [5, 5.41) is 9.86. The van der Waals surface area contributed by atoms with Gasteiger partial charge in [0.25, 0.3) is 0 Å². The molecular formula is C20H19N5S. The van der Waals surface area contributed by atoms with Crippen LogP contribution < -0.4 is 4.90 Å². The average molecular weight is 361 g/mol. The summed E-state index contributed by atoms with van der Waals surface area (Å²) in [6, 6.07) is 16.5. The van der Waals surface area contributed by atoms with Gasteiger partial charge in [0.1, 0.15) is 5.82 Å². The van der Waals surface area contributed by atoms with Crippen LogP contribution in [0.5, 0.6) is 0 Å². The van der Waals surface area contributed by atoms with Crippen molar-refractivity contribution in [2.24, 2.45) is 0 Å². The van der Waals surface area contributed by atoms with Crippen LogP contribution in [0.25, 0.3) is 16.1 Å². The minimum Gasteiger partial charge on any atom is -0.348 e. The van der Waals surface area contributed by atoms with Crippen molar-refractivity contribution < 1.29 is 0 Å². The molecule has 3 aromatic heterocycles. The number of pyridine rings is 1. The fourth-order valence-corrected chi connectivity index (χ4v) is 4.59. The molecule has 5 nitrogen and oxygen atoms in total. The number of fused-ring (bicyclic) bond motifs is 1. The van der Waals surface area contributed by atoms with Gasteiger partial charge in [0.2, 0.25) is 0 Å². The van der Waals surface area contributed by atoms with Crippen LogP contribution in [0, 0.1) is 0 Å². The summed E-state index contributed by atoms with van der Waals surface area (Å²) in [5.41, 5.74) is 2.17. The molecule has 0 atom stereocenters. The van der Waals surface area contributed by atoms with Gasteiger partial charge in [0, 0.05) is 31.4 Å². The Bertz CT molecular complexity index is 1010. The molecule has 0 N–H and O–H groups in total. The summed E-state index contributed by atoms with van der Waals surface area (Å²) in [4.78, 5) is 8.29. The van der Waals surface area contributed by atoms with E-state index in [0.29, 0.717) is 5.92 Å². The molecule has 130 valence electrons. The van der Waals surface area contributed by atoms with E-state index in [-0.39, 0.29) is 0 Å². The van der Waals surface area contributed by atoms with Gasteiger partial charge in [0.15, 0.2) is 10.8 Å². The predicted molar refractivity (Wildman–Crippen MR) is 105 cm³/mol. The third kappa shape index (κ3) is 2.76. The third-order valence-electron chi connectivity index (χ3n) is 5.02. The molecule has 1 aliphatic heterocycles. The van der Waals surface area contributed by atoms with Crippen LogP contribution in [0.2, 0.25) is 0 Å². The Morgan fingerprint density at radius 3 is 2.58 bits per heavy atom. The smallest absolute Gasteiger partial charge is 0.185 e. The van der Waals surface area contributed by atoms with E-state index in [9.17, 15) is 0 Å². The number of hydrogen-bond acceptors (Lipinski definition) is 5. The van der Waals surface area contributed by atoms with Crippen molar-refractivity contribution in [3.8, 4) is 10.4 Å². The number of rotatable bonds is 3. The second kappa shape index (κ2) is 6.53. The fraction of sp³-hybridized carbons (Fsp3) is 0.250. The predicted octanol–water partition coefficient (Wildman–Crippen LogP) is 4.24. The van der Waals surface area contributed by atoms with Gasteiger partial charge < -0.3 is 4.90 Å². The van der Waals surface area contributed by atoms with E-state index in [1.165, 1.54) is 10.4 Å². The highest BCUT2D eigenvalue weighted by atomic mass is 32.1. The third-order valence-corrected chi connectivity index (χ3v) is 6.13. The number of anilines is 1. The summed E-state index contributed by atoms with van der Waals surface area (Å²) in [6.07, 6.45) is 6.21. The number of piperidine rings is 1. The first-order valence-electron chi connectivity index (χ1n) is 8.94. The van der Waals surface area contributed by atoms with Gasteiger partial charge in [-0.3, -0.25) is 4.40 Å². The van der Waals surface area contributed by atoms with E-state index in [1.807, 2.05) is 30.5 Å². The van der Waals surface area contributed by atoms with E-state index in [0.717, 1.165) is 42.5 Å². The standard InChI is InChI=1S/C20H19N5S/c1-2-6-15(7-3-1)17-14-21-20(26-17)24-12-9-16(10-13-24)19-23-22-18-8-4-5-11-25(18)19/h1-8,11,14,16H,9-10,12-13H2. The molecule has 0 spiro atoms. The summed E-state index contributed by atoms with van der Waals surface area (Å²) in [5.74, 6) is 1.54. The average Bonchev–Trinajstić information content (AvgIpc) is 3.36. The lowest BCUT2D eigenvalue weighted by molar-refractivity contribution is 0.482. The van der Waals surface area contributed by atoms with Gasteiger partial charge in [-0.25, -0.2) is 4.98 Å². The van der Waals surface area contributed by atoms with E-state index < -0.39 is 0 Å². The lowest BCUT2D eigenvalue weighted by Gasteiger charge is -2.30. The molecule has 6 heteroatoms. The lowest BCUT2D eigenvalue weighted by Crippen LogP contribution is -2.33. The Morgan fingerprint density at radius 2 is 1.73 bits per heavy atom. The first-order valence-corrected chi connectivity index (χ1v) is 9.76. The van der Waals surface area contributed by atoms with Crippen LogP contribution in [0.15, 0.2) is 60.9 Å². The highest BCUT2D eigenvalue weighted by Gasteiger charge is 2.25. The van der Waals surface area contributed by atoms with Gasteiger partial charge in [-0.15, -0.1) is 10.2 Å². The molecule has 26 heavy (non-hydrogen) atoms. The van der Waals surface area contributed by atoms with Gasteiger partial charge in [-0.05, 0) is 30.5 Å². The summed E-state index contributed by atoms with van der Waals surface area (Å²) < 4.78 is 2.12. The largest absolute Gasteiger partial charge is 0.348 e. The van der Waals surface area contributed by atoms with E-state index in [1.54, 1.807) is 11.3 Å². The first-order chi connectivity index (χ1) is 12.9. The van der Waals surface area contributed by atoms with Crippen molar-refractivity contribution in [1.29, 1.82) is 0 Å². The molecule has 4 aromatic rings. The van der Waals surface area contributed by atoms with Gasteiger partial charge >= 0.3 is 0 Å².